The first-order chi connectivity index (χ1) is 9.56. The van der Waals surface area contributed by atoms with Gasteiger partial charge in [-0.25, -0.2) is 9.78 Å². The molecule has 1 aromatic rings. The van der Waals surface area contributed by atoms with Gasteiger partial charge in [-0.2, -0.15) is 0 Å². The molecule has 2 heterocycles. The van der Waals surface area contributed by atoms with E-state index in [2.05, 4.69) is 11.9 Å². The van der Waals surface area contributed by atoms with Gasteiger partial charge in [-0.05, 0) is 20.3 Å². The van der Waals surface area contributed by atoms with Gasteiger partial charge in [0.1, 0.15) is 6.54 Å². The van der Waals surface area contributed by atoms with Crippen molar-refractivity contribution in [3.05, 3.63) is 10.6 Å². The first-order valence-corrected chi connectivity index (χ1v) is 7.56. The molecule has 7 heteroatoms. The van der Waals surface area contributed by atoms with E-state index < -0.39 is 0 Å². The lowest BCUT2D eigenvalue weighted by molar-refractivity contribution is -0.143. The van der Waals surface area contributed by atoms with Crippen LogP contribution >= 0.6 is 11.3 Å². The quantitative estimate of drug-likeness (QED) is 0.778. The highest BCUT2D eigenvalue weighted by Crippen LogP contribution is 2.28. The number of thiazole rings is 1. The Hall–Kier alpha value is -1.63. The Labute approximate surface area is 122 Å². The zero-order valence-corrected chi connectivity index (χ0v) is 12.8. The van der Waals surface area contributed by atoms with Crippen LogP contribution in [0.25, 0.3) is 0 Å². The molecule has 2 amide bonds. The normalized spacial score (nSPS) is 15.1. The lowest BCUT2D eigenvalue weighted by Crippen LogP contribution is -2.35. The maximum atomic E-state index is 12.3. The van der Waals surface area contributed by atoms with Crippen LogP contribution in [0.5, 0.6) is 0 Å². The van der Waals surface area contributed by atoms with E-state index in [4.69, 9.17) is 4.74 Å². The molecule has 0 spiro atoms. The van der Waals surface area contributed by atoms with Crippen molar-refractivity contribution in [1.82, 2.24) is 9.88 Å². The van der Waals surface area contributed by atoms with Crippen LogP contribution in [-0.4, -0.2) is 48.1 Å². The number of carbonyl (C=O) groups is 2. The number of aromatic nitrogens is 1. The van der Waals surface area contributed by atoms with E-state index in [-0.39, 0.29) is 18.5 Å². The van der Waals surface area contributed by atoms with Gasteiger partial charge in [-0.3, -0.25) is 9.69 Å². The number of ether oxygens (including phenoxy) is 1. The number of nitrogens with zero attached hydrogens (tertiary/aromatic N) is 3. The molecule has 0 saturated carbocycles. The fraction of sp³-hybridized carbons (Fsp3) is 0.615. The van der Waals surface area contributed by atoms with Crippen molar-refractivity contribution in [2.75, 3.05) is 31.1 Å². The lowest BCUT2D eigenvalue weighted by atomic mass is 10.3. The van der Waals surface area contributed by atoms with Gasteiger partial charge in [-0.1, -0.05) is 6.92 Å². The number of urea groups is 1. The molecular weight excluding hydrogens is 278 g/mol. The van der Waals surface area contributed by atoms with E-state index in [1.807, 2.05) is 6.92 Å². The highest BCUT2D eigenvalue weighted by Gasteiger charge is 2.33. The molecule has 1 fully saturated rings. The third-order valence-corrected chi connectivity index (χ3v) is 4.48. The Morgan fingerprint density at radius 1 is 1.40 bits per heavy atom. The molecular formula is C13H19N3O3S. The average Bonchev–Trinajstić information content (AvgIpc) is 2.94. The second-order valence-corrected chi connectivity index (χ2v) is 5.58. The monoisotopic (exact) mass is 297 g/mol. The molecule has 0 aromatic carbocycles. The molecule has 6 nitrogen and oxygen atoms in total. The van der Waals surface area contributed by atoms with Crippen LogP contribution < -0.4 is 4.90 Å². The Morgan fingerprint density at radius 2 is 2.15 bits per heavy atom. The van der Waals surface area contributed by atoms with Crippen LogP contribution in [0.15, 0.2) is 0 Å². The molecule has 1 aromatic heterocycles. The Balaban J connectivity index is 2.05. The molecule has 0 unspecified atom stereocenters. The molecule has 0 N–H and O–H groups in total. The summed E-state index contributed by atoms with van der Waals surface area (Å²) >= 11 is 1.54. The minimum absolute atomic E-state index is 0.00810. The summed E-state index contributed by atoms with van der Waals surface area (Å²) in [5, 5.41) is 0.718. The van der Waals surface area contributed by atoms with Crippen molar-refractivity contribution < 1.29 is 14.3 Å². The Bertz CT molecular complexity index is 515. The summed E-state index contributed by atoms with van der Waals surface area (Å²) in [6, 6.07) is -0.172. The second kappa shape index (κ2) is 6.21. The molecule has 0 aliphatic carbocycles. The second-order valence-electron chi connectivity index (χ2n) is 4.52. The fourth-order valence-electron chi connectivity index (χ4n) is 2.13. The van der Waals surface area contributed by atoms with Gasteiger partial charge in [0.2, 0.25) is 0 Å². The van der Waals surface area contributed by atoms with E-state index in [1.54, 1.807) is 23.2 Å². The predicted molar refractivity (Wildman–Crippen MR) is 77.2 cm³/mol. The van der Waals surface area contributed by atoms with E-state index in [9.17, 15) is 9.59 Å². The van der Waals surface area contributed by atoms with Gasteiger partial charge in [0, 0.05) is 18.0 Å². The summed E-state index contributed by atoms with van der Waals surface area (Å²) in [6.45, 7) is 7.20. The van der Waals surface area contributed by atoms with Crippen LogP contribution in [0.4, 0.5) is 9.93 Å². The summed E-state index contributed by atoms with van der Waals surface area (Å²) < 4.78 is 4.87. The molecule has 0 radical (unpaired) electrons. The van der Waals surface area contributed by atoms with Crippen molar-refractivity contribution in [1.29, 1.82) is 0 Å². The highest BCUT2D eigenvalue weighted by molar-refractivity contribution is 7.15. The van der Waals surface area contributed by atoms with Crippen LogP contribution in [0.2, 0.25) is 0 Å². The van der Waals surface area contributed by atoms with Crippen molar-refractivity contribution in [2.45, 2.75) is 27.2 Å². The average molecular weight is 297 g/mol. The van der Waals surface area contributed by atoms with Gasteiger partial charge >= 0.3 is 12.0 Å². The highest BCUT2D eigenvalue weighted by atomic mass is 32.1. The Kier molecular flexibility index (Phi) is 4.59. The van der Waals surface area contributed by atoms with Gasteiger partial charge in [-0.15, -0.1) is 11.3 Å². The van der Waals surface area contributed by atoms with Gasteiger partial charge in [0.25, 0.3) is 0 Å². The number of hydrogen-bond acceptors (Lipinski definition) is 5. The minimum atomic E-state index is -0.368. The number of carbonyl (C=O) groups excluding carboxylic acids is 2. The third kappa shape index (κ3) is 2.92. The Morgan fingerprint density at radius 3 is 2.75 bits per heavy atom. The van der Waals surface area contributed by atoms with Crippen LogP contribution in [-0.2, 0) is 16.0 Å². The van der Waals surface area contributed by atoms with Crippen molar-refractivity contribution >= 4 is 28.5 Å². The molecule has 1 aliphatic rings. The van der Waals surface area contributed by atoms with E-state index in [0.717, 1.165) is 17.2 Å². The molecule has 2 rings (SSSR count). The van der Waals surface area contributed by atoms with Crippen molar-refractivity contribution in [3.8, 4) is 0 Å². The predicted octanol–water partition coefficient (Wildman–Crippen LogP) is 1.82. The SMILES string of the molecule is CCOC(=O)CN1CCN(c2nc(C)c(CC)s2)C1=O. The first-order valence-electron chi connectivity index (χ1n) is 6.75. The van der Waals surface area contributed by atoms with Crippen molar-refractivity contribution in [3.63, 3.8) is 0 Å². The summed E-state index contributed by atoms with van der Waals surface area (Å²) in [5.74, 6) is -0.368. The van der Waals surface area contributed by atoms with Gasteiger partial charge in [0.15, 0.2) is 5.13 Å². The minimum Gasteiger partial charge on any atom is -0.465 e. The van der Waals surface area contributed by atoms with Crippen LogP contribution in [0, 0.1) is 6.92 Å². The third-order valence-electron chi connectivity index (χ3n) is 3.15. The first kappa shape index (κ1) is 14.8. The summed E-state index contributed by atoms with van der Waals surface area (Å²) in [7, 11) is 0. The topological polar surface area (TPSA) is 62.7 Å². The lowest BCUT2D eigenvalue weighted by Gasteiger charge is -2.15. The van der Waals surface area contributed by atoms with E-state index in [0.29, 0.717) is 19.7 Å². The maximum Gasteiger partial charge on any atom is 0.326 e. The molecule has 20 heavy (non-hydrogen) atoms. The van der Waals surface area contributed by atoms with Gasteiger partial charge < -0.3 is 9.64 Å². The molecule has 0 atom stereocenters. The number of hydrogen-bond donors (Lipinski definition) is 0. The zero-order valence-electron chi connectivity index (χ0n) is 12.0. The van der Waals surface area contributed by atoms with E-state index in [1.165, 1.54) is 9.78 Å². The van der Waals surface area contributed by atoms with Gasteiger partial charge in [0.05, 0.1) is 12.3 Å². The molecule has 1 aliphatic heterocycles. The standard InChI is InChI=1S/C13H19N3O3S/c1-4-10-9(3)14-12(20-10)16-7-6-15(13(16)18)8-11(17)19-5-2/h4-8H2,1-3H3. The summed E-state index contributed by atoms with van der Waals surface area (Å²) in [5.41, 5.74) is 0.976. The van der Waals surface area contributed by atoms with Crippen LogP contribution in [0.3, 0.4) is 0 Å². The largest absolute Gasteiger partial charge is 0.465 e. The number of esters is 1. The summed E-state index contributed by atoms with van der Waals surface area (Å²) in [6.07, 6.45) is 0.915. The molecule has 110 valence electrons. The summed E-state index contributed by atoms with van der Waals surface area (Å²) in [4.78, 5) is 32.5. The van der Waals surface area contributed by atoms with E-state index >= 15 is 0 Å². The molecule has 1 saturated heterocycles. The smallest absolute Gasteiger partial charge is 0.326 e. The number of aryl methyl sites for hydroxylation is 2. The number of anilines is 1. The number of amides is 2. The molecule has 0 bridgehead atoms. The number of rotatable bonds is 5. The maximum absolute atomic E-state index is 12.3. The van der Waals surface area contributed by atoms with Crippen molar-refractivity contribution in [2.24, 2.45) is 0 Å². The fourth-order valence-corrected chi connectivity index (χ4v) is 3.15. The zero-order chi connectivity index (χ0) is 14.7. The van der Waals surface area contributed by atoms with Crippen LogP contribution in [0.1, 0.15) is 24.4 Å².